The highest BCUT2D eigenvalue weighted by molar-refractivity contribution is 5.37. The van der Waals surface area contributed by atoms with E-state index in [2.05, 4.69) is 34.0 Å². The number of anilines is 1. The van der Waals surface area contributed by atoms with Crippen LogP contribution < -0.4 is 15.8 Å². The maximum Gasteiger partial charge on any atom is 0.252 e. The highest BCUT2D eigenvalue weighted by atomic mass is 16.1. The number of nitrogens with one attached hydrogen (secondary N) is 2. The van der Waals surface area contributed by atoms with E-state index in [1.165, 1.54) is 0 Å². The average molecular weight is 224 g/mol. The third-order valence-electron chi connectivity index (χ3n) is 2.36. The molecule has 5 nitrogen and oxygen atoms in total. The van der Waals surface area contributed by atoms with Crippen LogP contribution in [0.25, 0.3) is 0 Å². The Balaban J connectivity index is 2.74. The molecule has 90 valence electrons. The first-order chi connectivity index (χ1) is 7.67. The third-order valence-corrected chi connectivity index (χ3v) is 2.36. The molecule has 5 heteroatoms. The number of aryl methyl sites for hydroxylation is 1. The van der Waals surface area contributed by atoms with Crippen molar-refractivity contribution in [2.45, 2.75) is 20.8 Å². The van der Waals surface area contributed by atoms with Crippen LogP contribution in [0.1, 0.15) is 19.7 Å². The van der Waals surface area contributed by atoms with Gasteiger partial charge in [0.05, 0.1) is 0 Å². The fourth-order valence-corrected chi connectivity index (χ4v) is 1.55. The number of likely N-dealkylation sites (N-methyl/N-ethyl adjacent to an activating group) is 2. The molecule has 0 bridgehead atoms. The summed E-state index contributed by atoms with van der Waals surface area (Å²) in [4.78, 5) is 20.4. The van der Waals surface area contributed by atoms with Crippen LogP contribution in [0.2, 0.25) is 0 Å². The van der Waals surface area contributed by atoms with E-state index in [4.69, 9.17) is 0 Å². The summed E-state index contributed by atoms with van der Waals surface area (Å²) in [7, 11) is 0. The molecule has 0 spiro atoms. The normalized spacial score (nSPS) is 10.4. The number of aromatic amines is 1. The Morgan fingerprint density at radius 2 is 2.25 bits per heavy atom. The van der Waals surface area contributed by atoms with Gasteiger partial charge in [0.2, 0.25) is 0 Å². The first-order valence-electron chi connectivity index (χ1n) is 5.71. The van der Waals surface area contributed by atoms with Crippen molar-refractivity contribution < 1.29 is 0 Å². The average Bonchev–Trinajstić information content (AvgIpc) is 2.23. The molecule has 0 aromatic carbocycles. The molecule has 2 N–H and O–H groups in total. The predicted molar refractivity (Wildman–Crippen MR) is 66.0 cm³/mol. The largest absolute Gasteiger partial charge is 0.355 e. The van der Waals surface area contributed by atoms with Crippen molar-refractivity contribution in [2.75, 3.05) is 31.1 Å². The standard InChI is InChI=1S/C11H20N4O/c1-4-12-6-7-15(5-2)10-8-11(16)14-9(3)13-10/h8,12H,4-7H2,1-3H3,(H,13,14,16). The molecular formula is C11H20N4O. The molecule has 1 heterocycles. The number of aromatic nitrogens is 2. The smallest absolute Gasteiger partial charge is 0.252 e. The summed E-state index contributed by atoms with van der Waals surface area (Å²) in [6.45, 7) is 9.50. The zero-order valence-electron chi connectivity index (χ0n) is 10.2. The Bertz CT molecular complexity index is 374. The molecule has 0 unspecified atom stereocenters. The topological polar surface area (TPSA) is 61.0 Å². The van der Waals surface area contributed by atoms with Crippen LogP contribution in [-0.4, -0.2) is 36.1 Å². The zero-order chi connectivity index (χ0) is 12.0. The van der Waals surface area contributed by atoms with Gasteiger partial charge in [-0.2, -0.15) is 0 Å². The lowest BCUT2D eigenvalue weighted by Gasteiger charge is -2.21. The Morgan fingerprint density at radius 1 is 1.50 bits per heavy atom. The van der Waals surface area contributed by atoms with Gasteiger partial charge in [-0.1, -0.05) is 6.92 Å². The van der Waals surface area contributed by atoms with Gasteiger partial charge < -0.3 is 15.2 Å². The Hall–Kier alpha value is -1.36. The van der Waals surface area contributed by atoms with Crippen LogP contribution in [-0.2, 0) is 0 Å². The maximum atomic E-state index is 11.3. The van der Waals surface area contributed by atoms with Gasteiger partial charge in [0.15, 0.2) is 0 Å². The predicted octanol–water partition coefficient (Wildman–Crippen LogP) is 0.514. The van der Waals surface area contributed by atoms with E-state index in [1.807, 2.05) is 0 Å². The van der Waals surface area contributed by atoms with Gasteiger partial charge in [-0.15, -0.1) is 0 Å². The first kappa shape index (κ1) is 12.7. The van der Waals surface area contributed by atoms with E-state index in [0.717, 1.165) is 32.0 Å². The molecule has 16 heavy (non-hydrogen) atoms. The fraction of sp³-hybridized carbons (Fsp3) is 0.636. The number of hydrogen-bond donors (Lipinski definition) is 2. The summed E-state index contributed by atoms with van der Waals surface area (Å²) >= 11 is 0. The number of H-pyrrole nitrogens is 1. The quantitative estimate of drug-likeness (QED) is 0.691. The van der Waals surface area contributed by atoms with E-state index in [1.54, 1.807) is 13.0 Å². The van der Waals surface area contributed by atoms with E-state index < -0.39 is 0 Å². The molecule has 1 aromatic rings. The number of rotatable bonds is 6. The summed E-state index contributed by atoms with van der Waals surface area (Å²) in [6.07, 6.45) is 0. The highest BCUT2D eigenvalue weighted by Crippen LogP contribution is 2.06. The Kier molecular flexibility index (Phi) is 4.98. The lowest BCUT2D eigenvalue weighted by Crippen LogP contribution is -2.33. The summed E-state index contributed by atoms with van der Waals surface area (Å²) < 4.78 is 0. The summed E-state index contributed by atoms with van der Waals surface area (Å²) in [5, 5.41) is 3.26. The lowest BCUT2D eigenvalue weighted by atomic mass is 10.4. The minimum atomic E-state index is -0.0931. The molecule has 0 aliphatic heterocycles. The van der Waals surface area contributed by atoms with Crippen molar-refractivity contribution in [3.05, 3.63) is 22.2 Å². The van der Waals surface area contributed by atoms with E-state index in [-0.39, 0.29) is 5.56 Å². The molecule has 0 aliphatic carbocycles. The van der Waals surface area contributed by atoms with Gasteiger partial charge in [-0.05, 0) is 20.4 Å². The number of nitrogens with zero attached hydrogens (tertiary/aromatic N) is 2. The van der Waals surface area contributed by atoms with Crippen molar-refractivity contribution in [1.82, 2.24) is 15.3 Å². The van der Waals surface area contributed by atoms with E-state index in [9.17, 15) is 4.79 Å². The monoisotopic (exact) mass is 224 g/mol. The van der Waals surface area contributed by atoms with Crippen molar-refractivity contribution in [1.29, 1.82) is 0 Å². The minimum absolute atomic E-state index is 0.0931. The molecule has 1 aromatic heterocycles. The van der Waals surface area contributed by atoms with Gasteiger partial charge in [0.25, 0.3) is 5.56 Å². The molecule has 0 fully saturated rings. The molecule has 0 atom stereocenters. The lowest BCUT2D eigenvalue weighted by molar-refractivity contribution is 0.682. The van der Waals surface area contributed by atoms with Gasteiger partial charge in [0, 0.05) is 25.7 Å². The second-order valence-corrected chi connectivity index (χ2v) is 3.62. The second kappa shape index (κ2) is 6.27. The van der Waals surface area contributed by atoms with Crippen molar-refractivity contribution >= 4 is 5.82 Å². The summed E-state index contributed by atoms with van der Waals surface area (Å²) in [5.41, 5.74) is -0.0931. The van der Waals surface area contributed by atoms with Crippen LogP contribution >= 0.6 is 0 Å². The minimum Gasteiger partial charge on any atom is -0.355 e. The fourth-order valence-electron chi connectivity index (χ4n) is 1.55. The van der Waals surface area contributed by atoms with Crippen molar-refractivity contribution in [3.63, 3.8) is 0 Å². The van der Waals surface area contributed by atoms with Gasteiger partial charge in [0.1, 0.15) is 11.6 Å². The first-order valence-corrected chi connectivity index (χ1v) is 5.71. The van der Waals surface area contributed by atoms with Crippen molar-refractivity contribution in [3.8, 4) is 0 Å². The molecule has 0 saturated heterocycles. The number of hydrogen-bond acceptors (Lipinski definition) is 4. The van der Waals surface area contributed by atoms with E-state index >= 15 is 0 Å². The van der Waals surface area contributed by atoms with Gasteiger partial charge in [-0.3, -0.25) is 4.79 Å². The van der Waals surface area contributed by atoms with Crippen LogP contribution in [0.15, 0.2) is 10.9 Å². The van der Waals surface area contributed by atoms with Crippen LogP contribution in [0.3, 0.4) is 0 Å². The summed E-state index contributed by atoms with van der Waals surface area (Å²) in [6, 6.07) is 1.54. The van der Waals surface area contributed by atoms with Crippen LogP contribution in [0.4, 0.5) is 5.82 Å². The molecule has 0 radical (unpaired) electrons. The zero-order valence-corrected chi connectivity index (χ0v) is 10.2. The molecule has 0 aliphatic rings. The highest BCUT2D eigenvalue weighted by Gasteiger charge is 2.06. The SMILES string of the molecule is CCNCCN(CC)c1cc(=O)[nH]c(C)n1. The Labute approximate surface area is 95.9 Å². The maximum absolute atomic E-state index is 11.3. The van der Waals surface area contributed by atoms with Crippen LogP contribution in [0, 0.1) is 6.92 Å². The molecule has 0 saturated carbocycles. The molecule has 0 amide bonds. The van der Waals surface area contributed by atoms with Crippen LogP contribution in [0.5, 0.6) is 0 Å². The molecular weight excluding hydrogens is 204 g/mol. The van der Waals surface area contributed by atoms with Gasteiger partial charge in [-0.25, -0.2) is 4.98 Å². The van der Waals surface area contributed by atoms with E-state index in [0.29, 0.717) is 5.82 Å². The van der Waals surface area contributed by atoms with Gasteiger partial charge >= 0.3 is 0 Å². The molecule has 1 rings (SSSR count). The second-order valence-electron chi connectivity index (χ2n) is 3.62. The van der Waals surface area contributed by atoms with Crippen molar-refractivity contribution in [2.24, 2.45) is 0 Å². The Morgan fingerprint density at radius 3 is 2.81 bits per heavy atom. The summed E-state index contributed by atoms with van der Waals surface area (Å²) in [5.74, 6) is 1.41. The third kappa shape index (κ3) is 3.66.